The van der Waals surface area contributed by atoms with Gasteiger partial charge in [0, 0.05) is 24.0 Å². The Hall–Kier alpha value is -0.880. The number of halogens is 1. The molecule has 2 heterocycles. The van der Waals surface area contributed by atoms with Crippen LogP contribution in [0.3, 0.4) is 0 Å². The summed E-state index contributed by atoms with van der Waals surface area (Å²) in [5, 5.41) is 7.60. The molecule has 0 bridgehead atoms. The van der Waals surface area contributed by atoms with Gasteiger partial charge in [-0.1, -0.05) is 6.42 Å². The number of aromatic nitrogens is 2. The van der Waals surface area contributed by atoms with Gasteiger partial charge in [-0.05, 0) is 48.0 Å². The van der Waals surface area contributed by atoms with E-state index >= 15 is 0 Å². The molecule has 5 nitrogen and oxygen atoms in total. The van der Waals surface area contributed by atoms with Gasteiger partial charge in [0.1, 0.15) is 0 Å². The van der Waals surface area contributed by atoms with Crippen molar-refractivity contribution in [1.82, 2.24) is 15.1 Å². The Morgan fingerprint density at radius 3 is 2.85 bits per heavy atom. The summed E-state index contributed by atoms with van der Waals surface area (Å²) in [5.74, 6) is -0.0537. The number of nitrogens with two attached hydrogens (primary N) is 1. The molecule has 1 aliphatic heterocycles. The largest absolute Gasteiger partial charge is 0.347 e. The average molecular weight is 339 g/mol. The minimum atomic E-state index is -0.0537. The molecule has 2 fully saturated rings. The Morgan fingerprint density at radius 1 is 1.45 bits per heavy atom. The third-order valence-corrected chi connectivity index (χ3v) is 6.34. The third-order valence-electron chi connectivity index (χ3n) is 5.50. The van der Waals surface area contributed by atoms with Crippen LogP contribution in [0.15, 0.2) is 4.47 Å². The molecule has 3 aliphatic rings. The molecule has 108 valence electrons. The van der Waals surface area contributed by atoms with E-state index in [1.54, 1.807) is 0 Å². The highest BCUT2D eigenvalue weighted by Crippen LogP contribution is 2.55. The van der Waals surface area contributed by atoms with Crippen LogP contribution in [0, 0.1) is 5.41 Å². The first kappa shape index (κ1) is 12.8. The molecule has 1 amide bonds. The number of aryl methyl sites for hydroxylation is 1. The molecule has 1 aromatic heterocycles. The Kier molecular flexibility index (Phi) is 2.76. The Balaban J connectivity index is 1.51. The molecule has 2 unspecified atom stereocenters. The number of fused-ring (bicyclic) bond motifs is 1. The highest BCUT2D eigenvalue weighted by Gasteiger charge is 2.57. The van der Waals surface area contributed by atoms with E-state index in [0.29, 0.717) is 5.69 Å². The van der Waals surface area contributed by atoms with E-state index in [1.807, 2.05) is 4.68 Å². The van der Waals surface area contributed by atoms with Crippen LogP contribution < -0.4 is 11.1 Å². The normalized spacial score (nSPS) is 29.7. The summed E-state index contributed by atoms with van der Waals surface area (Å²) in [7, 11) is 0. The van der Waals surface area contributed by atoms with Crippen molar-refractivity contribution in [2.24, 2.45) is 11.1 Å². The first-order chi connectivity index (χ1) is 9.62. The van der Waals surface area contributed by atoms with Crippen LogP contribution in [0.25, 0.3) is 0 Å². The molecule has 3 N–H and O–H groups in total. The zero-order valence-electron chi connectivity index (χ0n) is 11.4. The maximum Gasteiger partial charge on any atom is 0.273 e. The molecule has 2 saturated carbocycles. The maximum absolute atomic E-state index is 12.5. The fourth-order valence-corrected chi connectivity index (χ4v) is 4.66. The quantitative estimate of drug-likeness (QED) is 0.860. The number of rotatable bonds is 2. The van der Waals surface area contributed by atoms with Crippen LogP contribution >= 0.6 is 15.9 Å². The minimum absolute atomic E-state index is 0.0537. The van der Waals surface area contributed by atoms with Crippen LogP contribution in [0.2, 0.25) is 0 Å². The van der Waals surface area contributed by atoms with Gasteiger partial charge in [-0.25, -0.2) is 0 Å². The lowest BCUT2D eigenvalue weighted by molar-refractivity contribution is -0.0390. The lowest BCUT2D eigenvalue weighted by Crippen LogP contribution is -2.69. The molecule has 2 atom stereocenters. The number of amides is 1. The van der Waals surface area contributed by atoms with E-state index in [9.17, 15) is 4.79 Å². The summed E-state index contributed by atoms with van der Waals surface area (Å²) in [4.78, 5) is 12.5. The van der Waals surface area contributed by atoms with Crippen LogP contribution in [-0.4, -0.2) is 27.8 Å². The topological polar surface area (TPSA) is 72.9 Å². The third kappa shape index (κ3) is 1.58. The highest BCUT2D eigenvalue weighted by atomic mass is 79.9. The van der Waals surface area contributed by atoms with Gasteiger partial charge in [0.15, 0.2) is 5.69 Å². The average Bonchev–Trinajstić information content (AvgIpc) is 2.90. The van der Waals surface area contributed by atoms with Gasteiger partial charge in [-0.2, -0.15) is 5.10 Å². The van der Waals surface area contributed by atoms with Crippen LogP contribution in [0.4, 0.5) is 0 Å². The smallest absolute Gasteiger partial charge is 0.273 e. The SMILES string of the molecule is NC1CC(NC(=O)c2nn3c(c2Br)CCC3)C12CCC2. The maximum atomic E-state index is 12.5. The van der Waals surface area contributed by atoms with Gasteiger partial charge in [0.2, 0.25) is 0 Å². The summed E-state index contributed by atoms with van der Waals surface area (Å²) in [6, 6.07) is 0.499. The second-order valence-electron chi connectivity index (χ2n) is 6.39. The Labute approximate surface area is 126 Å². The van der Waals surface area contributed by atoms with E-state index in [0.717, 1.165) is 48.8 Å². The minimum Gasteiger partial charge on any atom is -0.347 e. The van der Waals surface area contributed by atoms with Gasteiger partial charge in [-0.3, -0.25) is 9.48 Å². The lowest BCUT2D eigenvalue weighted by Gasteiger charge is -2.60. The van der Waals surface area contributed by atoms with Gasteiger partial charge in [0.25, 0.3) is 5.91 Å². The van der Waals surface area contributed by atoms with Crippen molar-refractivity contribution >= 4 is 21.8 Å². The zero-order chi connectivity index (χ0) is 13.9. The molecular formula is C14H19BrN4O. The van der Waals surface area contributed by atoms with Crippen molar-refractivity contribution < 1.29 is 4.79 Å². The number of carbonyl (C=O) groups is 1. The Bertz CT molecular complexity index is 578. The van der Waals surface area contributed by atoms with Crippen LogP contribution in [0.5, 0.6) is 0 Å². The predicted molar refractivity (Wildman–Crippen MR) is 78.4 cm³/mol. The van der Waals surface area contributed by atoms with Crippen molar-refractivity contribution in [3.8, 4) is 0 Å². The van der Waals surface area contributed by atoms with E-state index in [4.69, 9.17) is 5.73 Å². The van der Waals surface area contributed by atoms with Crippen LogP contribution in [0.1, 0.15) is 48.3 Å². The number of hydrogen-bond donors (Lipinski definition) is 2. The monoisotopic (exact) mass is 338 g/mol. The molecule has 6 heteroatoms. The Morgan fingerprint density at radius 2 is 2.25 bits per heavy atom. The fraction of sp³-hybridized carbons (Fsp3) is 0.714. The predicted octanol–water partition coefficient (Wildman–Crippen LogP) is 1.59. The molecule has 4 rings (SSSR count). The summed E-state index contributed by atoms with van der Waals surface area (Å²) >= 11 is 3.54. The van der Waals surface area contributed by atoms with E-state index in [1.165, 1.54) is 6.42 Å². The van der Waals surface area contributed by atoms with Gasteiger partial charge >= 0.3 is 0 Å². The molecule has 1 spiro atoms. The molecule has 20 heavy (non-hydrogen) atoms. The number of hydrogen-bond acceptors (Lipinski definition) is 3. The van der Waals surface area contributed by atoms with Crippen molar-refractivity contribution in [1.29, 1.82) is 0 Å². The van der Waals surface area contributed by atoms with Crippen molar-refractivity contribution in [2.75, 3.05) is 0 Å². The molecule has 1 aromatic rings. The number of carbonyl (C=O) groups excluding carboxylic acids is 1. The van der Waals surface area contributed by atoms with E-state index in [2.05, 4.69) is 26.3 Å². The van der Waals surface area contributed by atoms with E-state index < -0.39 is 0 Å². The fourth-order valence-electron chi connectivity index (χ4n) is 3.99. The summed E-state index contributed by atoms with van der Waals surface area (Å²) in [6.07, 6.45) is 6.56. The lowest BCUT2D eigenvalue weighted by atomic mass is 9.50. The second-order valence-corrected chi connectivity index (χ2v) is 7.18. The standard InChI is InChI=1S/C14H19BrN4O/c15-11-8-3-1-6-19(8)18-12(11)13(20)17-10-7-9(16)14(10)4-2-5-14/h9-10H,1-7,16H2,(H,17,20). The first-order valence-electron chi connectivity index (χ1n) is 7.43. The van der Waals surface area contributed by atoms with Gasteiger partial charge in [-0.15, -0.1) is 0 Å². The number of nitrogens with one attached hydrogen (secondary N) is 1. The highest BCUT2D eigenvalue weighted by molar-refractivity contribution is 9.10. The molecule has 2 aliphatic carbocycles. The zero-order valence-corrected chi connectivity index (χ0v) is 12.9. The summed E-state index contributed by atoms with van der Waals surface area (Å²) in [6.45, 7) is 0.916. The van der Waals surface area contributed by atoms with Gasteiger partial charge < -0.3 is 11.1 Å². The second kappa shape index (κ2) is 4.31. The summed E-state index contributed by atoms with van der Waals surface area (Å²) < 4.78 is 2.82. The van der Waals surface area contributed by atoms with Crippen LogP contribution in [-0.2, 0) is 13.0 Å². The first-order valence-corrected chi connectivity index (χ1v) is 8.23. The number of nitrogens with zero attached hydrogens (tertiary/aromatic N) is 2. The van der Waals surface area contributed by atoms with E-state index in [-0.39, 0.29) is 23.4 Å². The van der Waals surface area contributed by atoms with Crippen molar-refractivity contribution in [3.63, 3.8) is 0 Å². The van der Waals surface area contributed by atoms with Crippen molar-refractivity contribution in [3.05, 3.63) is 15.9 Å². The summed E-state index contributed by atoms with van der Waals surface area (Å²) in [5.41, 5.74) is 8.01. The van der Waals surface area contributed by atoms with Crippen molar-refractivity contribution in [2.45, 2.75) is 57.2 Å². The molecule has 0 saturated heterocycles. The molecule has 0 radical (unpaired) electrons. The molecule has 0 aromatic carbocycles. The van der Waals surface area contributed by atoms with Gasteiger partial charge in [0.05, 0.1) is 10.2 Å². The molecular weight excluding hydrogens is 320 g/mol.